The highest BCUT2D eigenvalue weighted by atomic mass is 32.2. The fraction of sp³-hybridized carbons (Fsp3) is 0.556. The number of benzene rings is 1. The summed E-state index contributed by atoms with van der Waals surface area (Å²) in [4.78, 5) is 20.7. The fourth-order valence-electron chi connectivity index (χ4n) is 4.82. The molecule has 8 heteroatoms. The summed E-state index contributed by atoms with van der Waals surface area (Å²) in [5, 5.41) is 1.05. The number of rotatable bonds is 7. The number of nitrogens with zero attached hydrogens (tertiary/aromatic N) is 2. The number of aromatic nitrogens is 1. The van der Waals surface area contributed by atoms with Crippen molar-refractivity contribution in [3.05, 3.63) is 48.0 Å². The van der Waals surface area contributed by atoms with Gasteiger partial charge in [-0.1, -0.05) is 71.5 Å². The molecule has 2 heterocycles. The zero-order valence-corrected chi connectivity index (χ0v) is 24.3. The number of amides is 1. The first kappa shape index (κ1) is 27.4. The molecule has 1 saturated heterocycles. The molecule has 192 valence electrons. The van der Waals surface area contributed by atoms with E-state index in [0.717, 1.165) is 30.7 Å². The van der Waals surface area contributed by atoms with Gasteiger partial charge in [-0.2, -0.15) is 0 Å². The van der Waals surface area contributed by atoms with E-state index in [4.69, 9.17) is 4.98 Å². The minimum atomic E-state index is -3.99. The van der Waals surface area contributed by atoms with E-state index in [2.05, 4.69) is 64.3 Å². The molecular weight excluding hydrogens is 474 g/mol. The van der Waals surface area contributed by atoms with Crippen LogP contribution in [-0.4, -0.2) is 39.5 Å². The van der Waals surface area contributed by atoms with Crippen LogP contribution in [0.1, 0.15) is 64.7 Å². The molecule has 6 nitrogen and oxygen atoms in total. The van der Waals surface area contributed by atoms with Gasteiger partial charge in [-0.25, -0.2) is 18.1 Å². The number of anilines is 1. The Hall–Kier alpha value is -2.19. The Morgan fingerprint density at radius 1 is 1.14 bits per heavy atom. The summed E-state index contributed by atoms with van der Waals surface area (Å²) >= 11 is 0. The first-order valence-corrected chi connectivity index (χ1v) is 17.1. The molecule has 0 aliphatic carbocycles. The van der Waals surface area contributed by atoms with Gasteiger partial charge in [-0.05, 0) is 55.9 Å². The number of hydrogen-bond acceptors (Lipinski definition) is 5. The third-order valence-electron chi connectivity index (χ3n) is 6.92. The second kappa shape index (κ2) is 9.69. The van der Waals surface area contributed by atoms with E-state index in [1.165, 1.54) is 12.1 Å². The van der Waals surface area contributed by atoms with E-state index in [-0.39, 0.29) is 15.8 Å². The molecule has 1 fully saturated rings. The van der Waals surface area contributed by atoms with E-state index in [1.807, 2.05) is 6.07 Å². The number of sulfonamides is 1. The van der Waals surface area contributed by atoms with Crippen LogP contribution in [0.25, 0.3) is 0 Å². The van der Waals surface area contributed by atoms with Gasteiger partial charge >= 0.3 is 0 Å². The highest BCUT2D eigenvalue weighted by Crippen LogP contribution is 2.37. The summed E-state index contributed by atoms with van der Waals surface area (Å²) in [6.45, 7) is 18.7. The van der Waals surface area contributed by atoms with E-state index < -0.39 is 24.0 Å². The molecule has 0 unspecified atom stereocenters. The monoisotopic (exact) mass is 515 g/mol. The number of nitrogens with one attached hydrogen (secondary N) is 1. The molecule has 3 rings (SSSR count). The minimum Gasteiger partial charge on any atom is -0.351 e. The van der Waals surface area contributed by atoms with Gasteiger partial charge in [0.1, 0.15) is 13.9 Å². The van der Waals surface area contributed by atoms with E-state index >= 15 is 0 Å². The minimum absolute atomic E-state index is 0.0605. The van der Waals surface area contributed by atoms with Gasteiger partial charge in [-0.3, -0.25) is 4.79 Å². The highest BCUT2D eigenvalue weighted by Gasteiger charge is 2.40. The predicted molar refractivity (Wildman–Crippen MR) is 147 cm³/mol. The maximum atomic E-state index is 13.4. The molecular formula is C27H41N3O3SSi. The Morgan fingerprint density at radius 3 is 2.31 bits per heavy atom. The Balaban J connectivity index is 2.03. The van der Waals surface area contributed by atoms with Crippen LogP contribution in [0.15, 0.2) is 47.4 Å². The van der Waals surface area contributed by atoms with Crippen LogP contribution in [-0.2, 0) is 10.0 Å². The first-order valence-electron chi connectivity index (χ1n) is 12.4. The van der Waals surface area contributed by atoms with Crippen molar-refractivity contribution in [1.29, 1.82) is 0 Å². The number of hydrogen-bond donors (Lipinski definition) is 1. The molecule has 0 bridgehead atoms. The molecule has 0 spiro atoms. The average Bonchev–Trinajstić information content (AvgIpc) is 3.03. The zero-order valence-electron chi connectivity index (χ0n) is 22.5. The fourth-order valence-corrected chi connectivity index (χ4v) is 8.38. The predicted octanol–water partition coefficient (Wildman–Crippen LogP) is 5.18. The summed E-state index contributed by atoms with van der Waals surface area (Å²) in [5.41, 5.74) is 0.358. The summed E-state index contributed by atoms with van der Waals surface area (Å²) in [6, 6.07) is 12.8. The molecule has 1 aromatic carbocycles. The molecule has 1 atom stereocenters. The van der Waals surface area contributed by atoms with Crippen molar-refractivity contribution in [2.45, 2.75) is 84.0 Å². The van der Waals surface area contributed by atoms with Gasteiger partial charge in [0.25, 0.3) is 15.9 Å². The lowest BCUT2D eigenvalue weighted by molar-refractivity contribution is 0.0981. The van der Waals surface area contributed by atoms with Crippen molar-refractivity contribution in [1.82, 2.24) is 9.71 Å². The Morgan fingerprint density at radius 2 is 1.77 bits per heavy atom. The van der Waals surface area contributed by atoms with E-state index in [0.29, 0.717) is 17.3 Å². The van der Waals surface area contributed by atoms with Crippen molar-refractivity contribution in [2.75, 3.05) is 11.4 Å². The van der Waals surface area contributed by atoms with Crippen LogP contribution in [0.2, 0.25) is 19.1 Å². The van der Waals surface area contributed by atoms with Crippen molar-refractivity contribution in [3.8, 4) is 0 Å². The quantitative estimate of drug-likeness (QED) is 0.514. The van der Waals surface area contributed by atoms with Crippen LogP contribution >= 0.6 is 0 Å². The van der Waals surface area contributed by atoms with Crippen molar-refractivity contribution in [2.24, 2.45) is 11.3 Å². The number of carbonyl (C=O) groups is 1. The Bertz CT molecular complexity index is 1170. The third-order valence-corrected chi connectivity index (χ3v) is 11.4. The van der Waals surface area contributed by atoms with Crippen LogP contribution in [0.4, 0.5) is 5.82 Å². The average molecular weight is 516 g/mol. The molecule has 1 N–H and O–H groups in total. The molecule has 0 radical (unpaired) electrons. The number of pyridine rings is 1. The Kier molecular flexibility index (Phi) is 7.59. The third kappa shape index (κ3) is 6.53. The summed E-state index contributed by atoms with van der Waals surface area (Å²) in [7, 11) is -5.87. The van der Waals surface area contributed by atoms with Gasteiger partial charge in [-0.15, -0.1) is 0 Å². The first-order chi connectivity index (χ1) is 16.0. The van der Waals surface area contributed by atoms with Crippen LogP contribution in [0, 0.1) is 11.3 Å². The molecule has 1 aliphatic heterocycles. The van der Waals surface area contributed by atoms with Gasteiger partial charge in [0.2, 0.25) is 0 Å². The van der Waals surface area contributed by atoms with Crippen LogP contribution < -0.4 is 14.9 Å². The van der Waals surface area contributed by atoms with Gasteiger partial charge in [0, 0.05) is 17.4 Å². The second-order valence-electron chi connectivity index (χ2n) is 12.5. The standard InChI is InChI=1S/C27H41N3O3SSi/c1-20-18-27(5,6)30(19-20)24-22(25(31)29-34(32,33)21-12-10-9-11-13-21)14-15-23(28-24)35(7,8)17-16-26(2,3)4/h9-15,20H,16-19H2,1-8H3,(H,29,31)/t20-/m0/s1. The SMILES string of the molecule is C[C@@H]1CN(c2nc([Si](C)(C)CCC(C)(C)C)ccc2C(=O)NS(=O)(=O)c2ccccc2)C(C)(C)C1. The summed E-state index contributed by atoms with van der Waals surface area (Å²) < 4.78 is 28.0. The molecule has 1 amide bonds. The number of carbonyl (C=O) groups excluding carboxylic acids is 1. The maximum Gasteiger partial charge on any atom is 0.268 e. The van der Waals surface area contributed by atoms with Crippen molar-refractivity contribution < 1.29 is 13.2 Å². The van der Waals surface area contributed by atoms with Crippen molar-refractivity contribution in [3.63, 3.8) is 0 Å². The molecule has 2 aromatic rings. The van der Waals surface area contributed by atoms with E-state index in [1.54, 1.807) is 24.3 Å². The van der Waals surface area contributed by atoms with Gasteiger partial charge < -0.3 is 4.90 Å². The molecule has 1 aromatic heterocycles. The summed E-state index contributed by atoms with van der Waals surface area (Å²) in [5.74, 6) is 0.395. The van der Waals surface area contributed by atoms with Crippen LogP contribution in [0.5, 0.6) is 0 Å². The Labute approximate surface area is 212 Å². The van der Waals surface area contributed by atoms with Crippen molar-refractivity contribution >= 4 is 35.1 Å². The van der Waals surface area contributed by atoms with Crippen LogP contribution in [0.3, 0.4) is 0 Å². The topological polar surface area (TPSA) is 79.4 Å². The molecule has 35 heavy (non-hydrogen) atoms. The lowest BCUT2D eigenvalue weighted by Crippen LogP contribution is -2.47. The van der Waals surface area contributed by atoms with E-state index in [9.17, 15) is 13.2 Å². The lowest BCUT2D eigenvalue weighted by Gasteiger charge is -2.35. The zero-order chi connectivity index (χ0) is 26.2. The smallest absolute Gasteiger partial charge is 0.268 e. The second-order valence-corrected chi connectivity index (χ2v) is 19.0. The normalized spacial score (nSPS) is 18.5. The molecule has 1 aliphatic rings. The molecule has 0 saturated carbocycles. The largest absolute Gasteiger partial charge is 0.351 e. The summed E-state index contributed by atoms with van der Waals surface area (Å²) in [6.07, 6.45) is 2.08. The van der Waals surface area contributed by atoms with Gasteiger partial charge in [0.05, 0.1) is 10.5 Å². The lowest BCUT2D eigenvalue weighted by atomic mass is 9.94. The highest BCUT2D eigenvalue weighted by molar-refractivity contribution is 7.90. The maximum absolute atomic E-state index is 13.4. The van der Waals surface area contributed by atoms with Gasteiger partial charge in [0.15, 0.2) is 0 Å².